The zero-order chi connectivity index (χ0) is 11.9. The molecule has 1 aromatic carbocycles. The molecule has 2 unspecified atom stereocenters. The van der Waals surface area contributed by atoms with Crippen LogP contribution in [-0.4, -0.2) is 0 Å². The SMILES string of the molecule is Cc1c(F)cc(F)c2c1C(Br)CC(C)CC2. The summed E-state index contributed by atoms with van der Waals surface area (Å²) < 4.78 is 27.2. The van der Waals surface area contributed by atoms with Crippen LogP contribution < -0.4 is 0 Å². The second-order valence-electron chi connectivity index (χ2n) is 4.70. The number of hydrogen-bond acceptors (Lipinski definition) is 0. The van der Waals surface area contributed by atoms with E-state index in [1.807, 2.05) is 0 Å². The lowest BCUT2D eigenvalue weighted by atomic mass is 9.97. The van der Waals surface area contributed by atoms with E-state index in [0.29, 0.717) is 23.5 Å². The van der Waals surface area contributed by atoms with Crippen LogP contribution in [0.15, 0.2) is 6.07 Å². The molecule has 0 N–H and O–H groups in total. The Labute approximate surface area is 103 Å². The molecule has 1 aromatic rings. The van der Waals surface area contributed by atoms with Gasteiger partial charge in [-0.1, -0.05) is 22.9 Å². The van der Waals surface area contributed by atoms with Crippen molar-refractivity contribution in [3.63, 3.8) is 0 Å². The minimum atomic E-state index is -0.435. The van der Waals surface area contributed by atoms with E-state index in [4.69, 9.17) is 0 Å². The Kier molecular flexibility index (Phi) is 3.34. The molecule has 0 radical (unpaired) electrons. The molecule has 1 aliphatic carbocycles. The Hall–Kier alpha value is -0.440. The Morgan fingerprint density at radius 2 is 2.00 bits per heavy atom. The Balaban J connectivity index is 2.59. The molecule has 0 heterocycles. The first kappa shape index (κ1) is 12.0. The summed E-state index contributed by atoms with van der Waals surface area (Å²) in [4.78, 5) is 0.0743. The topological polar surface area (TPSA) is 0 Å². The largest absolute Gasteiger partial charge is 0.207 e. The van der Waals surface area contributed by atoms with Crippen molar-refractivity contribution in [2.45, 2.75) is 37.9 Å². The smallest absolute Gasteiger partial charge is 0.129 e. The molecule has 0 aromatic heterocycles. The fourth-order valence-electron chi connectivity index (χ4n) is 2.45. The normalized spacial score (nSPS) is 25.1. The van der Waals surface area contributed by atoms with E-state index in [0.717, 1.165) is 24.5 Å². The highest BCUT2D eigenvalue weighted by molar-refractivity contribution is 9.09. The third kappa shape index (κ3) is 2.02. The molecule has 0 spiro atoms. The number of benzene rings is 1. The van der Waals surface area contributed by atoms with Crippen molar-refractivity contribution in [2.75, 3.05) is 0 Å². The highest BCUT2D eigenvalue weighted by Gasteiger charge is 2.26. The van der Waals surface area contributed by atoms with Gasteiger partial charge in [-0.2, -0.15) is 0 Å². The highest BCUT2D eigenvalue weighted by Crippen LogP contribution is 2.40. The van der Waals surface area contributed by atoms with Gasteiger partial charge in [0, 0.05) is 10.9 Å². The molecular weight excluding hydrogens is 274 g/mol. The first-order valence-electron chi connectivity index (χ1n) is 5.62. The molecule has 2 rings (SSSR count). The van der Waals surface area contributed by atoms with E-state index >= 15 is 0 Å². The zero-order valence-corrected chi connectivity index (χ0v) is 11.1. The van der Waals surface area contributed by atoms with E-state index < -0.39 is 11.6 Å². The summed E-state index contributed by atoms with van der Waals surface area (Å²) in [6.07, 6.45) is 2.62. The molecular formula is C13H15BrF2. The van der Waals surface area contributed by atoms with Crippen LogP contribution in [0.25, 0.3) is 0 Å². The van der Waals surface area contributed by atoms with Crippen LogP contribution in [-0.2, 0) is 6.42 Å². The first-order chi connectivity index (χ1) is 7.50. The molecule has 3 heteroatoms. The second kappa shape index (κ2) is 4.44. The Morgan fingerprint density at radius 3 is 2.69 bits per heavy atom. The molecule has 0 saturated carbocycles. The van der Waals surface area contributed by atoms with E-state index in [-0.39, 0.29) is 4.83 Å². The number of rotatable bonds is 0. The molecule has 0 bridgehead atoms. The zero-order valence-electron chi connectivity index (χ0n) is 9.49. The van der Waals surface area contributed by atoms with Crippen LogP contribution in [0.1, 0.15) is 41.3 Å². The van der Waals surface area contributed by atoms with Gasteiger partial charge >= 0.3 is 0 Å². The highest BCUT2D eigenvalue weighted by atomic mass is 79.9. The van der Waals surface area contributed by atoms with Gasteiger partial charge in [-0.25, -0.2) is 8.78 Å². The predicted octanol–water partition coefficient (Wildman–Crippen LogP) is 4.68. The predicted molar refractivity (Wildman–Crippen MR) is 64.9 cm³/mol. The minimum Gasteiger partial charge on any atom is -0.207 e. The second-order valence-corrected chi connectivity index (χ2v) is 5.81. The van der Waals surface area contributed by atoms with Gasteiger partial charge in [-0.3, -0.25) is 0 Å². The van der Waals surface area contributed by atoms with Crippen molar-refractivity contribution in [1.82, 2.24) is 0 Å². The maximum absolute atomic E-state index is 13.7. The number of fused-ring (bicyclic) bond motifs is 1. The maximum Gasteiger partial charge on any atom is 0.129 e. The van der Waals surface area contributed by atoms with Crippen LogP contribution in [0.5, 0.6) is 0 Å². The van der Waals surface area contributed by atoms with Crippen molar-refractivity contribution < 1.29 is 8.78 Å². The van der Waals surface area contributed by atoms with Crippen molar-refractivity contribution in [1.29, 1.82) is 0 Å². The van der Waals surface area contributed by atoms with Gasteiger partial charge < -0.3 is 0 Å². The van der Waals surface area contributed by atoms with Crippen molar-refractivity contribution in [3.05, 3.63) is 34.4 Å². The van der Waals surface area contributed by atoms with Crippen LogP contribution in [0.3, 0.4) is 0 Å². The molecule has 0 aliphatic heterocycles. The average molecular weight is 289 g/mol. The van der Waals surface area contributed by atoms with Crippen molar-refractivity contribution in [3.8, 4) is 0 Å². The molecule has 0 fully saturated rings. The lowest BCUT2D eigenvalue weighted by molar-refractivity contribution is 0.504. The minimum absolute atomic E-state index is 0.0743. The molecule has 0 saturated heterocycles. The molecule has 0 amide bonds. The Bertz CT molecular complexity index is 415. The van der Waals surface area contributed by atoms with Gasteiger partial charge in [0.25, 0.3) is 0 Å². The fraction of sp³-hybridized carbons (Fsp3) is 0.538. The molecule has 2 atom stereocenters. The van der Waals surface area contributed by atoms with Gasteiger partial charge in [0.15, 0.2) is 0 Å². The third-order valence-electron chi connectivity index (χ3n) is 3.44. The Morgan fingerprint density at radius 1 is 1.31 bits per heavy atom. The summed E-state index contributed by atoms with van der Waals surface area (Å²) >= 11 is 3.56. The molecule has 0 nitrogen and oxygen atoms in total. The summed E-state index contributed by atoms with van der Waals surface area (Å²) in [7, 11) is 0. The lowest BCUT2D eigenvalue weighted by Crippen LogP contribution is -2.03. The van der Waals surface area contributed by atoms with Crippen LogP contribution in [0.4, 0.5) is 8.78 Å². The summed E-state index contributed by atoms with van der Waals surface area (Å²) in [5.41, 5.74) is 2.12. The van der Waals surface area contributed by atoms with Gasteiger partial charge in [-0.05, 0) is 48.8 Å². The first-order valence-corrected chi connectivity index (χ1v) is 6.53. The summed E-state index contributed by atoms with van der Waals surface area (Å²) in [6.45, 7) is 3.89. The third-order valence-corrected chi connectivity index (χ3v) is 4.27. The van der Waals surface area contributed by atoms with Crippen LogP contribution >= 0.6 is 15.9 Å². The van der Waals surface area contributed by atoms with E-state index in [9.17, 15) is 8.78 Å². The quantitative estimate of drug-likeness (QED) is 0.480. The van der Waals surface area contributed by atoms with Crippen LogP contribution in [0, 0.1) is 24.5 Å². The van der Waals surface area contributed by atoms with Crippen LogP contribution in [0.2, 0.25) is 0 Å². The lowest BCUT2D eigenvalue weighted by Gasteiger charge is -2.16. The summed E-state index contributed by atoms with van der Waals surface area (Å²) in [5.74, 6) is -0.287. The number of alkyl halides is 1. The summed E-state index contributed by atoms with van der Waals surface area (Å²) in [6, 6.07) is 1.02. The molecule has 16 heavy (non-hydrogen) atoms. The molecule has 1 aliphatic rings. The van der Waals surface area contributed by atoms with Crippen molar-refractivity contribution in [2.24, 2.45) is 5.92 Å². The molecule has 88 valence electrons. The monoisotopic (exact) mass is 288 g/mol. The van der Waals surface area contributed by atoms with E-state index in [1.165, 1.54) is 0 Å². The summed E-state index contributed by atoms with van der Waals surface area (Å²) in [5, 5.41) is 0. The fourth-order valence-corrected chi connectivity index (χ4v) is 3.71. The van der Waals surface area contributed by atoms with Gasteiger partial charge in [0.05, 0.1) is 0 Å². The average Bonchev–Trinajstić information content (AvgIpc) is 2.34. The standard InChI is InChI=1S/C13H15BrF2/c1-7-3-4-9-12(16)6-11(15)8(2)13(9)10(14)5-7/h6-7,10H,3-5H2,1-2H3. The van der Waals surface area contributed by atoms with Crippen molar-refractivity contribution >= 4 is 15.9 Å². The van der Waals surface area contributed by atoms with E-state index in [1.54, 1.807) is 6.92 Å². The van der Waals surface area contributed by atoms with Gasteiger partial charge in [0.2, 0.25) is 0 Å². The van der Waals surface area contributed by atoms with Gasteiger partial charge in [0.1, 0.15) is 11.6 Å². The number of hydrogen-bond donors (Lipinski definition) is 0. The maximum atomic E-state index is 13.7. The number of halogens is 3. The van der Waals surface area contributed by atoms with E-state index in [2.05, 4.69) is 22.9 Å². The van der Waals surface area contributed by atoms with Gasteiger partial charge in [-0.15, -0.1) is 0 Å².